The summed E-state index contributed by atoms with van der Waals surface area (Å²) in [6.07, 6.45) is 6.84. The summed E-state index contributed by atoms with van der Waals surface area (Å²) >= 11 is 0. The molecule has 4 rings (SSSR count). The number of aryl methyl sites for hydroxylation is 1. The maximum absolute atomic E-state index is 12.4. The molecule has 0 spiro atoms. The number of nitrogens with zero attached hydrogens (tertiary/aromatic N) is 4. The molecule has 0 aliphatic carbocycles. The van der Waals surface area contributed by atoms with Crippen LogP contribution in [0.15, 0.2) is 67.4 Å². The molecule has 0 unspecified atom stereocenters. The number of anilines is 1. The SMILES string of the molecule is Cc1cc2ccccc2n1CC(=O)Nc1ccc(-n2ccnc2)nc1. The van der Waals surface area contributed by atoms with Crippen molar-refractivity contribution in [2.24, 2.45) is 0 Å². The van der Waals surface area contributed by atoms with Crippen molar-refractivity contribution in [2.75, 3.05) is 5.32 Å². The third kappa shape index (κ3) is 3.01. The lowest BCUT2D eigenvalue weighted by atomic mass is 10.2. The Labute approximate surface area is 144 Å². The number of imidazole rings is 1. The molecule has 1 amide bonds. The topological polar surface area (TPSA) is 64.7 Å². The van der Waals surface area contributed by atoms with Crippen molar-refractivity contribution in [3.8, 4) is 5.82 Å². The number of nitrogens with one attached hydrogen (secondary N) is 1. The van der Waals surface area contributed by atoms with E-state index in [0.717, 1.165) is 22.4 Å². The fourth-order valence-corrected chi connectivity index (χ4v) is 2.91. The summed E-state index contributed by atoms with van der Waals surface area (Å²) < 4.78 is 3.82. The Balaban J connectivity index is 1.49. The number of amides is 1. The largest absolute Gasteiger partial charge is 0.335 e. The smallest absolute Gasteiger partial charge is 0.244 e. The molecule has 0 aliphatic heterocycles. The number of carbonyl (C=O) groups is 1. The van der Waals surface area contributed by atoms with Crippen LogP contribution in [0.3, 0.4) is 0 Å². The van der Waals surface area contributed by atoms with E-state index in [4.69, 9.17) is 0 Å². The van der Waals surface area contributed by atoms with Crippen molar-refractivity contribution in [1.82, 2.24) is 19.1 Å². The van der Waals surface area contributed by atoms with Crippen LogP contribution in [-0.4, -0.2) is 25.0 Å². The Morgan fingerprint density at radius 2 is 2.08 bits per heavy atom. The number of hydrogen-bond acceptors (Lipinski definition) is 3. The van der Waals surface area contributed by atoms with Crippen LogP contribution in [0.2, 0.25) is 0 Å². The first-order valence-corrected chi connectivity index (χ1v) is 8.00. The molecule has 124 valence electrons. The molecule has 3 aromatic heterocycles. The van der Waals surface area contributed by atoms with Gasteiger partial charge in [-0.05, 0) is 36.6 Å². The van der Waals surface area contributed by atoms with Gasteiger partial charge >= 0.3 is 0 Å². The zero-order chi connectivity index (χ0) is 17.2. The van der Waals surface area contributed by atoms with Gasteiger partial charge in [0.2, 0.25) is 5.91 Å². The summed E-state index contributed by atoms with van der Waals surface area (Å²) in [5.41, 5.74) is 2.79. The number of carbonyl (C=O) groups excluding carboxylic acids is 1. The van der Waals surface area contributed by atoms with Gasteiger partial charge in [0.15, 0.2) is 0 Å². The van der Waals surface area contributed by atoms with Crippen LogP contribution in [0, 0.1) is 6.92 Å². The lowest BCUT2D eigenvalue weighted by Crippen LogP contribution is -2.19. The van der Waals surface area contributed by atoms with E-state index in [0.29, 0.717) is 5.69 Å². The van der Waals surface area contributed by atoms with E-state index in [1.54, 1.807) is 23.3 Å². The van der Waals surface area contributed by atoms with Crippen LogP contribution in [0.5, 0.6) is 0 Å². The highest BCUT2D eigenvalue weighted by Gasteiger charge is 2.10. The van der Waals surface area contributed by atoms with Crippen molar-refractivity contribution in [1.29, 1.82) is 0 Å². The van der Waals surface area contributed by atoms with E-state index in [1.165, 1.54) is 0 Å². The van der Waals surface area contributed by atoms with Crippen LogP contribution < -0.4 is 5.32 Å². The maximum Gasteiger partial charge on any atom is 0.244 e. The van der Waals surface area contributed by atoms with Gasteiger partial charge in [0.1, 0.15) is 18.7 Å². The third-order valence-corrected chi connectivity index (χ3v) is 4.12. The number of para-hydroxylation sites is 1. The molecule has 0 saturated carbocycles. The molecular formula is C19H17N5O. The minimum Gasteiger partial charge on any atom is -0.335 e. The minimum absolute atomic E-state index is 0.0818. The van der Waals surface area contributed by atoms with Crippen LogP contribution in [0.1, 0.15) is 5.69 Å². The van der Waals surface area contributed by atoms with E-state index in [2.05, 4.69) is 27.4 Å². The molecule has 0 saturated heterocycles. The van der Waals surface area contributed by atoms with Crippen LogP contribution in [-0.2, 0) is 11.3 Å². The van der Waals surface area contributed by atoms with Gasteiger partial charge in [-0.2, -0.15) is 0 Å². The summed E-state index contributed by atoms with van der Waals surface area (Å²) in [5.74, 6) is 0.671. The predicted octanol–water partition coefficient (Wildman–Crippen LogP) is 3.17. The molecule has 25 heavy (non-hydrogen) atoms. The third-order valence-electron chi connectivity index (χ3n) is 4.12. The summed E-state index contributed by atoms with van der Waals surface area (Å²) in [5, 5.41) is 4.04. The number of fused-ring (bicyclic) bond motifs is 1. The molecule has 0 aliphatic rings. The van der Waals surface area contributed by atoms with Crippen molar-refractivity contribution < 1.29 is 4.79 Å². The molecule has 0 bridgehead atoms. The monoisotopic (exact) mass is 331 g/mol. The molecule has 0 atom stereocenters. The molecular weight excluding hydrogens is 314 g/mol. The number of hydrogen-bond donors (Lipinski definition) is 1. The summed E-state index contributed by atoms with van der Waals surface area (Å²) in [7, 11) is 0. The normalized spacial score (nSPS) is 10.9. The summed E-state index contributed by atoms with van der Waals surface area (Å²) in [4.78, 5) is 20.7. The summed E-state index contributed by atoms with van der Waals surface area (Å²) in [6, 6.07) is 13.8. The fraction of sp³-hybridized carbons (Fsp3) is 0.105. The molecule has 3 heterocycles. The second kappa shape index (κ2) is 6.24. The van der Waals surface area contributed by atoms with Crippen molar-refractivity contribution >= 4 is 22.5 Å². The molecule has 1 aromatic carbocycles. The van der Waals surface area contributed by atoms with Crippen LogP contribution in [0.4, 0.5) is 5.69 Å². The Bertz CT molecular complexity index is 1020. The lowest BCUT2D eigenvalue weighted by Gasteiger charge is -2.10. The molecule has 0 fully saturated rings. The van der Waals surface area contributed by atoms with Gasteiger partial charge in [0.25, 0.3) is 0 Å². The average Bonchev–Trinajstić information content (AvgIpc) is 3.25. The van der Waals surface area contributed by atoms with E-state index >= 15 is 0 Å². The molecule has 6 nitrogen and oxygen atoms in total. The molecule has 4 aromatic rings. The number of rotatable bonds is 4. The zero-order valence-electron chi connectivity index (χ0n) is 13.8. The highest BCUT2D eigenvalue weighted by Crippen LogP contribution is 2.19. The van der Waals surface area contributed by atoms with Gasteiger partial charge in [0, 0.05) is 23.6 Å². The fourth-order valence-electron chi connectivity index (χ4n) is 2.91. The first-order valence-electron chi connectivity index (χ1n) is 8.00. The first-order chi connectivity index (χ1) is 12.2. The van der Waals surface area contributed by atoms with Crippen LogP contribution in [0.25, 0.3) is 16.7 Å². The second-order valence-electron chi connectivity index (χ2n) is 5.85. The first kappa shape index (κ1) is 15.1. The highest BCUT2D eigenvalue weighted by molar-refractivity contribution is 5.92. The zero-order valence-corrected chi connectivity index (χ0v) is 13.8. The van der Waals surface area contributed by atoms with E-state index in [1.807, 2.05) is 48.0 Å². The Morgan fingerprint density at radius 1 is 1.20 bits per heavy atom. The number of benzene rings is 1. The van der Waals surface area contributed by atoms with Gasteiger partial charge in [-0.3, -0.25) is 9.36 Å². The lowest BCUT2D eigenvalue weighted by molar-refractivity contribution is -0.116. The molecule has 0 radical (unpaired) electrons. The minimum atomic E-state index is -0.0818. The quantitative estimate of drug-likeness (QED) is 0.625. The van der Waals surface area contributed by atoms with Crippen molar-refractivity contribution in [3.63, 3.8) is 0 Å². The van der Waals surface area contributed by atoms with Gasteiger partial charge in [-0.25, -0.2) is 9.97 Å². The maximum atomic E-state index is 12.4. The molecule has 6 heteroatoms. The number of pyridine rings is 1. The Morgan fingerprint density at radius 3 is 2.84 bits per heavy atom. The van der Waals surface area contributed by atoms with E-state index < -0.39 is 0 Å². The van der Waals surface area contributed by atoms with E-state index in [9.17, 15) is 4.79 Å². The second-order valence-corrected chi connectivity index (χ2v) is 5.85. The number of aromatic nitrogens is 4. The summed E-state index contributed by atoms with van der Waals surface area (Å²) in [6.45, 7) is 2.28. The van der Waals surface area contributed by atoms with Crippen molar-refractivity contribution in [3.05, 3.63) is 73.1 Å². The molecule has 1 N–H and O–H groups in total. The van der Waals surface area contributed by atoms with Gasteiger partial charge in [-0.1, -0.05) is 18.2 Å². The van der Waals surface area contributed by atoms with Gasteiger partial charge in [0.05, 0.1) is 11.9 Å². The predicted molar refractivity (Wildman–Crippen MR) is 96.7 cm³/mol. The average molecular weight is 331 g/mol. The Kier molecular flexibility index (Phi) is 3.78. The van der Waals surface area contributed by atoms with Gasteiger partial charge in [-0.15, -0.1) is 0 Å². The van der Waals surface area contributed by atoms with Gasteiger partial charge < -0.3 is 9.88 Å². The van der Waals surface area contributed by atoms with Crippen molar-refractivity contribution in [2.45, 2.75) is 13.5 Å². The van der Waals surface area contributed by atoms with E-state index in [-0.39, 0.29) is 12.5 Å². The Hall–Kier alpha value is -3.41. The van der Waals surface area contributed by atoms with Crippen LogP contribution >= 0.6 is 0 Å². The highest BCUT2D eigenvalue weighted by atomic mass is 16.1. The standard InChI is InChI=1S/C19H17N5O/c1-14-10-15-4-2-3-5-17(15)24(14)12-19(25)22-16-6-7-18(21-11-16)23-9-8-20-13-23/h2-11,13H,12H2,1H3,(H,22,25).